The third kappa shape index (κ3) is 4.77. The number of benzene rings is 2. The second-order valence-corrected chi connectivity index (χ2v) is 7.04. The van der Waals surface area contributed by atoms with E-state index in [0.29, 0.717) is 16.5 Å². The van der Waals surface area contributed by atoms with Crippen LogP contribution >= 0.6 is 11.8 Å². The van der Waals surface area contributed by atoms with Gasteiger partial charge in [-0.1, -0.05) is 30.0 Å². The maximum absolute atomic E-state index is 13.4. The Kier molecular flexibility index (Phi) is 6.10. The van der Waals surface area contributed by atoms with E-state index in [1.54, 1.807) is 35.2 Å². The number of hydrogen-bond donors (Lipinski definition) is 2. The zero-order valence-corrected chi connectivity index (χ0v) is 16.2. The van der Waals surface area contributed by atoms with Crippen LogP contribution < -0.4 is 10.6 Å². The fraction of sp³-hybridized carbons (Fsp3) is 0.150. The summed E-state index contributed by atoms with van der Waals surface area (Å²) in [5.74, 6) is -0.823. The molecule has 0 saturated heterocycles. The number of rotatable bonds is 5. The molecule has 2 aromatic carbocycles. The highest BCUT2D eigenvalue weighted by atomic mass is 32.2. The lowest BCUT2D eigenvalue weighted by Gasteiger charge is -2.11. The Hall–Kier alpha value is -3.13. The van der Waals surface area contributed by atoms with Crippen LogP contribution in [0.1, 0.15) is 11.1 Å². The lowest BCUT2D eigenvalue weighted by molar-refractivity contribution is -0.117. The van der Waals surface area contributed by atoms with E-state index in [-0.39, 0.29) is 11.6 Å². The number of aryl methyl sites for hydroxylation is 1. The van der Waals surface area contributed by atoms with Gasteiger partial charge in [0, 0.05) is 18.1 Å². The molecular formula is C20H19FN4O2S. The molecule has 2 N–H and O–H groups in total. The molecule has 0 radical (unpaired) electrons. The van der Waals surface area contributed by atoms with Crippen LogP contribution in [0, 0.1) is 19.7 Å². The molecule has 0 atom stereocenters. The summed E-state index contributed by atoms with van der Waals surface area (Å²) in [6.07, 6.45) is 3.25. The van der Waals surface area contributed by atoms with Crippen molar-refractivity contribution in [3.63, 3.8) is 0 Å². The van der Waals surface area contributed by atoms with Crippen molar-refractivity contribution in [3.8, 4) is 5.69 Å². The summed E-state index contributed by atoms with van der Waals surface area (Å²) in [5.41, 5.74) is 3.24. The van der Waals surface area contributed by atoms with Crippen molar-refractivity contribution < 1.29 is 14.0 Å². The Morgan fingerprint density at radius 2 is 1.96 bits per heavy atom. The van der Waals surface area contributed by atoms with E-state index < -0.39 is 11.9 Å². The lowest BCUT2D eigenvalue weighted by Crippen LogP contribution is -2.35. The van der Waals surface area contributed by atoms with E-state index >= 15 is 0 Å². The Labute approximate surface area is 166 Å². The number of carbonyl (C=O) groups excluding carboxylic acids is 2. The first-order valence-electron chi connectivity index (χ1n) is 8.53. The van der Waals surface area contributed by atoms with Gasteiger partial charge in [-0.3, -0.25) is 14.7 Å². The highest BCUT2D eigenvalue weighted by molar-refractivity contribution is 7.99. The average Bonchev–Trinajstić information content (AvgIpc) is 3.12. The van der Waals surface area contributed by atoms with Crippen molar-refractivity contribution in [3.05, 3.63) is 71.8 Å². The average molecular weight is 398 g/mol. The van der Waals surface area contributed by atoms with Gasteiger partial charge in [-0.2, -0.15) is 0 Å². The standard InChI is InChI=1S/C20H19FN4O2S/c1-13-5-3-8-17(14(13)2)23-19(27)24-18(26)12-28-20-22-9-10-25(20)16-7-4-6-15(21)11-16/h3-11H,12H2,1-2H3,(H2,23,24,26,27). The Bertz CT molecular complexity index is 1020. The van der Waals surface area contributed by atoms with E-state index in [1.807, 2.05) is 26.0 Å². The molecule has 28 heavy (non-hydrogen) atoms. The number of hydrogen-bond acceptors (Lipinski definition) is 4. The van der Waals surface area contributed by atoms with E-state index in [9.17, 15) is 14.0 Å². The second kappa shape index (κ2) is 8.71. The normalized spacial score (nSPS) is 10.5. The molecule has 0 unspecified atom stereocenters. The third-order valence-corrected chi connectivity index (χ3v) is 5.10. The van der Waals surface area contributed by atoms with Crippen LogP contribution in [0.15, 0.2) is 60.0 Å². The van der Waals surface area contributed by atoms with Gasteiger partial charge in [-0.25, -0.2) is 14.2 Å². The van der Waals surface area contributed by atoms with Crippen LogP contribution in [0.3, 0.4) is 0 Å². The molecule has 3 aromatic rings. The number of nitrogens with zero attached hydrogens (tertiary/aromatic N) is 2. The predicted octanol–water partition coefficient (Wildman–Crippen LogP) is 4.07. The molecule has 0 saturated carbocycles. The minimum absolute atomic E-state index is 0.00739. The topological polar surface area (TPSA) is 76.0 Å². The summed E-state index contributed by atoms with van der Waals surface area (Å²) in [7, 11) is 0. The molecule has 1 heterocycles. The summed E-state index contributed by atoms with van der Waals surface area (Å²) in [6.45, 7) is 3.84. The van der Waals surface area contributed by atoms with Crippen LogP contribution in [-0.4, -0.2) is 27.2 Å². The number of nitrogens with one attached hydrogen (secondary N) is 2. The summed E-state index contributed by atoms with van der Waals surface area (Å²) < 4.78 is 15.1. The quantitative estimate of drug-likeness (QED) is 0.636. The predicted molar refractivity (Wildman–Crippen MR) is 107 cm³/mol. The number of urea groups is 1. The molecule has 1 aromatic heterocycles. The van der Waals surface area contributed by atoms with Crippen LogP contribution in [0.5, 0.6) is 0 Å². The zero-order chi connectivity index (χ0) is 20.1. The molecule has 0 aliphatic rings. The van der Waals surface area contributed by atoms with E-state index in [2.05, 4.69) is 15.6 Å². The molecule has 3 amide bonds. The van der Waals surface area contributed by atoms with E-state index in [1.165, 1.54) is 12.1 Å². The number of imide groups is 1. The van der Waals surface area contributed by atoms with Gasteiger partial charge in [0.05, 0.1) is 11.4 Å². The third-order valence-electron chi connectivity index (χ3n) is 4.13. The molecule has 8 heteroatoms. The maximum atomic E-state index is 13.4. The Morgan fingerprint density at radius 3 is 2.75 bits per heavy atom. The number of aromatic nitrogens is 2. The molecule has 144 valence electrons. The number of thioether (sulfide) groups is 1. The summed E-state index contributed by atoms with van der Waals surface area (Å²) in [4.78, 5) is 28.3. The monoisotopic (exact) mass is 398 g/mol. The van der Waals surface area contributed by atoms with Crippen molar-refractivity contribution >= 4 is 29.4 Å². The Morgan fingerprint density at radius 1 is 1.18 bits per heavy atom. The smallest absolute Gasteiger partial charge is 0.307 e. The van der Waals surface area contributed by atoms with Crippen LogP contribution in [0.25, 0.3) is 5.69 Å². The first-order chi connectivity index (χ1) is 13.4. The lowest BCUT2D eigenvalue weighted by atomic mass is 10.1. The van der Waals surface area contributed by atoms with Crippen LogP contribution in [-0.2, 0) is 4.79 Å². The molecule has 0 aliphatic carbocycles. The summed E-state index contributed by atoms with van der Waals surface area (Å²) in [6, 6.07) is 11.0. The summed E-state index contributed by atoms with van der Waals surface area (Å²) in [5, 5.41) is 5.50. The molecule has 0 spiro atoms. The number of carbonyl (C=O) groups is 2. The number of amides is 3. The second-order valence-electron chi connectivity index (χ2n) is 6.10. The van der Waals surface area contributed by atoms with Gasteiger partial charge >= 0.3 is 6.03 Å². The van der Waals surface area contributed by atoms with E-state index in [4.69, 9.17) is 0 Å². The number of halogens is 1. The largest absolute Gasteiger partial charge is 0.325 e. The van der Waals surface area contributed by atoms with Gasteiger partial charge in [0.25, 0.3) is 0 Å². The van der Waals surface area contributed by atoms with Crippen molar-refractivity contribution in [1.82, 2.24) is 14.9 Å². The minimum Gasteiger partial charge on any atom is -0.307 e. The molecule has 0 bridgehead atoms. The van der Waals surface area contributed by atoms with Gasteiger partial charge in [0.2, 0.25) is 5.91 Å². The van der Waals surface area contributed by atoms with Gasteiger partial charge in [0.1, 0.15) is 5.82 Å². The fourth-order valence-corrected chi connectivity index (χ4v) is 3.33. The molecule has 0 aliphatic heterocycles. The van der Waals surface area contributed by atoms with E-state index in [0.717, 1.165) is 22.9 Å². The zero-order valence-electron chi connectivity index (χ0n) is 15.4. The van der Waals surface area contributed by atoms with Crippen LogP contribution in [0.4, 0.5) is 14.9 Å². The van der Waals surface area contributed by atoms with Gasteiger partial charge in [-0.15, -0.1) is 0 Å². The first-order valence-corrected chi connectivity index (χ1v) is 9.52. The molecular weight excluding hydrogens is 379 g/mol. The summed E-state index contributed by atoms with van der Waals surface area (Å²) >= 11 is 1.15. The van der Waals surface area contributed by atoms with Crippen molar-refractivity contribution in [1.29, 1.82) is 0 Å². The maximum Gasteiger partial charge on any atom is 0.325 e. The first kappa shape index (κ1) is 19.6. The van der Waals surface area contributed by atoms with Crippen molar-refractivity contribution in [2.75, 3.05) is 11.1 Å². The van der Waals surface area contributed by atoms with Crippen LogP contribution in [0.2, 0.25) is 0 Å². The minimum atomic E-state index is -0.590. The van der Waals surface area contributed by atoms with Gasteiger partial charge in [0.15, 0.2) is 5.16 Å². The van der Waals surface area contributed by atoms with Crippen molar-refractivity contribution in [2.45, 2.75) is 19.0 Å². The molecule has 0 fully saturated rings. The number of anilines is 1. The SMILES string of the molecule is Cc1cccc(NC(=O)NC(=O)CSc2nccn2-c2cccc(F)c2)c1C. The number of imidazole rings is 1. The Balaban J connectivity index is 1.57. The molecule has 3 rings (SSSR count). The highest BCUT2D eigenvalue weighted by Gasteiger charge is 2.13. The fourth-order valence-electron chi connectivity index (χ4n) is 2.55. The van der Waals surface area contributed by atoms with Crippen molar-refractivity contribution in [2.24, 2.45) is 0 Å². The molecule has 6 nitrogen and oxygen atoms in total. The van der Waals surface area contributed by atoms with Gasteiger partial charge in [-0.05, 0) is 49.2 Å². The highest BCUT2D eigenvalue weighted by Crippen LogP contribution is 2.21. The van der Waals surface area contributed by atoms with Gasteiger partial charge < -0.3 is 5.32 Å².